The van der Waals surface area contributed by atoms with Crippen molar-refractivity contribution in [3.05, 3.63) is 12.7 Å². The van der Waals surface area contributed by atoms with E-state index in [0.29, 0.717) is 19.6 Å². The predicted octanol–water partition coefficient (Wildman–Crippen LogP) is 2.31. The fraction of sp³-hybridized carbons (Fsp3) is 0.727. The summed E-state index contributed by atoms with van der Waals surface area (Å²) in [7, 11) is 0. The average Bonchev–Trinajstić information content (AvgIpc) is 2.00. The number of carbonyl (C=O) groups is 1. The molecule has 0 amide bonds. The summed E-state index contributed by atoms with van der Waals surface area (Å²) in [6, 6.07) is 0. The topological polar surface area (TPSA) is 35.5 Å². The van der Waals surface area contributed by atoms with Gasteiger partial charge in [0.25, 0.3) is 0 Å². The lowest BCUT2D eigenvalue weighted by molar-refractivity contribution is -0.156. The normalized spacial score (nSPS) is 11.1. The van der Waals surface area contributed by atoms with Crippen LogP contribution in [0.5, 0.6) is 0 Å². The summed E-state index contributed by atoms with van der Waals surface area (Å²) in [6.45, 7) is 10.2. The van der Waals surface area contributed by atoms with Gasteiger partial charge in [0.15, 0.2) is 0 Å². The number of rotatable bonds is 6. The van der Waals surface area contributed by atoms with Crippen molar-refractivity contribution in [1.82, 2.24) is 0 Å². The Morgan fingerprint density at radius 2 is 2.00 bits per heavy atom. The fourth-order valence-electron chi connectivity index (χ4n) is 0.817. The van der Waals surface area contributed by atoms with E-state index in [1.165, 1.54) is 0 Å². The van der Waals surface area contributed by atoms with Crippen LogP contribution in [0.15, 0.2) is 12.7 Å². The fourth-order valence-corrected chi connectivity index (χ4v) is 0.817. The summed E-state index contributed by atoms with van der Waals surface area (Å²) in [4.78, 5) is 11.2. The molecule has 0 N–H and O–H groups in total. The number of hydrogen-bond donors (Lipinski definition) is 0. The van der Waals surface area contributed by atoms with Crippen LogP contribution in [0, 0.1) is 0 Å². The van der Waals surface area contributed by atoms with E-state index in [9.17, 15) is 4.79 Å². The molecule has 0 atom stereocenters. The van der Waals surface area contributed by atoms with Gasteiger partial charge in [-0.2, -0.15) is 0 Å². The van der Waals surface area contributed by atoms with Crippen molar-refractivity contribution >= 4 is 5.97 Å². The van der Waals surface area contributed by atoms with Crippen LogP contribution in [-0.2, 0) is 14.3 Å². The van der Waals surface area contributed by atoms with Crippen molar-refractivity contribution in [1.29, 1.82) is 0 Å². The second-order valence-corrected chi connectivity index (χ2v) is 4.03. The molecule has 0 saturated carbocycles. The van der Waals surface area contributed by atoms with Crippen molar-refractivity contribution < 1.29 is 14.3 Å². The third-order valence-electron chi connectivity index (χ3n) is 1.34. The number of esters is 1. The maximum absolute atomic E-state index is 11.2. The molecule has 0 spiro atoms. The van der Waals surface area contributed by atoms with Crippen molar-refractivity contribution in [2.45, 2.75) is 39.2 Å². The predicted molar refractivity (Wildman–Crippen MR) is 56.1 cm³/mol. The maximum atomic E-state index is 11.2. The molecule has 0 aromatic heterocycles. The Labute approximate surface area is 86.1 Å². The van der Waals surface area contributed by atoms with Gasteiger partial charge in [0, 0.05) is 0 Å². The van der Waals surface area contributed by atoms with E-state index in [0.717, 1.165) is 6.42 Å². The Hall–Kier alpha value is -0.830. The van der Waals surface area contributed by atoms with Gasteiger partial charge in [-0.15, -0.1) is 6.58 Å². The van der Waals surface area contributed by atoms with Gasteiger partial charge in [-0.05, 0) is 27.2 Å². The highest BCUT2D eigenvalue weighted by atomic mass is 16.6. The second kappa shape index (κ2) is 6.60. The van der Waals surface area contributed by atoms with Gasteiger partial charge in [0.1, 0.15) is 5.60 Å². The van der Waals surface area contributed by atoms with Gasteiger partial charge in [-0.3, -0.25) is 4.79 Å². The summed E-state index contributed by atoms with van der Waals surface area (Å²) in [5, 5.41) is 0. The molecular formula is C11H20O3. The van der Waals surface area contributed by atoms with Crippen molar-refractivity contribution in [3.8, 4) is 0 Å². The second-order valence-electron chi connectivity index (χ2n) is 4.03. The standard InChI is InChI=1S/C11H20O3/c1-5-6-8-13-9-7-10(12)14-11(2,3)4/h5H,1,6-9H2,2-4H3. The highest BCUT2D eigenvalue weighted by Crippen LogP contribution is 2.07. The molecule has 0 saturated heterocycles. The molecule has 0 fully saturated rings. The molecule has 0 unspecified atom stereocenters. The van der Waals surface area contributed by atoms with E-state index in [4.69, 9.17) is 9.47 Å². The molecule has 0 rings (SSSR count). The van der Waals surface area contributed by atoms with E-state index >= 15 is 0 Å². The molecule has 0 aliphatic carbocycles. The van der Waals surface area contributed by atoms with Crippen LogP contribution in [0.2, 0.25) is 0 Å². The van der Waals surface area contributed by atoms with E-state index in [2.05, 4.69) is 6.58 Å². The van der Waals surface area contributed by atoms with Crippen LogP contribution < -0.4 is 0 Å². The maximum Gasteiger partial charge on any atom is 0.308 e. The Balaban J connectivity index is 3.41. The van der Waals surface area contributed by atoms with Gasteiger partial charge >= 0.3 is 5.97 Å². The van der Waals surface area contributed by atoms with Crippen LogP contribution in [0.3, 0.4) is 0 Å². The summed E-state index contributed by atoms with van der Waals surface area (Å²) >= 11 is 0. The molecule has 0 aliphatic rings. The van der Waals surface area contributed by atoms with Crippen LogP contribution >= 0.6 is 0 Å². The van der Waals surface area contributed by atoms with E-state index < -0.39 is 5.60 Å². The molecule has 0 aromatic carbocycles. The zero-order valence-corrected chi connectivity index (χ0v) is 9.34. The van der Waals surface area contributed by atoms with Gasteiger partial charge in [-0.25, -0.2) is 0 Å². The smallest absolute Gasteiger partial charge is 0.308 e. The summed E-state index contributed by atoms with van der Waals surface area (Å²) < 4.78 is 10.3. The van der Waals surface area contributed by atoms with Crippen LogP contribution in [0.25, 0.3) is 0 Å². The largest absolute Gasteiger partial charge is 0.460 e. The SMILES string of the molecule is C=CCCOCCC(=O)OC(C)(C)C. The minimum absolute atomic E-state index is 0.212. The monoisotopic (exact) mass is 200 g/mol. The molecule has 3 nitrogen and oxygen atoms in total. The molecule has 82 valence electrons. The highest BCUT2D eigenvalue weighted by Gasteiger charge is 2.15. The Morgan fingerprint density at radius 1 is 1.36 bits per heavy atom. The first-order chi connectivity index (χ1) is 6.45. The Kier molecular flexibility index (Phi) is 6.21. The molecule has 0 radical (unpaired) electrons. The quantitative estimate of drug-likeness (QED) is 0.375. The van der Waals surface area contributed by atoms with E-state index in [-0.39, 0.29) is 5.97 Å². The molecule has 0 aromatic rings. The van der Waals surface area contributed by atoms with Gasteiger partial charge in [0.05, 0.1) is 19.6 Å². The summed E-state index contributed by atoms with van der Waals surface area (Å²) in [5.41, 5.74) is -0.405. The lowest BCUT2D eigenvalue weighted by atomic mass is 10.2. The molecule has 0 aliphatic heterocycles. The van der Waals surface area contributed by atoms with Crippen LogP contribution in [-0.4, -0.2) is 24.8 Å². The van der Waals surface area contributed by atoms with Crippen molar-refractivity contribution in [2.75, 3.05) is 13.2 Å². The molecule has 3 heteroatoms. The number of carbonyl (C=O) groups excluding carboxylic acids is 1. The zero-order chi connectivity index (χ0) is 11.0. The third-order valence-corrected chi connectivity index (χ3v) is 1.34. The molecular weight excluding hydrogens is 180 g/mol. The first-order valence-corrected chi connectivity index (χ1v) is 4.86. The lowest BCUT2D eigenvalue weighted by Crippen LogP contribution is -2.24. The summed E-state index contributed by atoms with van der Waals surface area (Å²) in [6.07, 6.45) is 2.91. The Bertz CT molecular complexity index is 179. The van der Waals surface area contributed by atoms with E-state index in [1.54, 1.807) is 6.08 Å². The first-order valence-electron chi connectivity index (χ1n) is 4.86. The first kappa shape index (κ1) is 13.2. The number of hydrogen-bond acceptors (Lipinski definition) is 3. The zero-order valence-electron chi connectivity index (χ0n) is 9.34. The highest BCUT2D eigenvalue weighted by molar-refractivity contribution is 5.69. The molecule has 0 bridgehead atoms. The van der Waals surface area contributed by atoms with Crippen molar-refractivity contribution in [3.63, 3.8) is 0 Å². The summed E-state index contributed by atoms with van der Waals surface area (Å²) in [5.74, 6) is -0.212. The van der Waals surface area contributed by atoms with Gasteiger partial charge in [-0.1, -0.05) is 6.08 Å². The minimum atomic E-state index is -0.405. The minimum Gasteiger partial charge on any atom is -0.460 e. The number of ether oxygens (including phenoxy) is 2. The van der Waals surface area contributed by atoms with Crippen LogP contribution in [0.4, 0.5) is 0 Å². The Morgan fingerprint density at radius 3 is 2.50 bits per heavy atom. The third kappa shape index (κ3) is 9.26. The van der Waals surface area contributed by atoms with E-state index in [1.807, 2.05) is 20.8 Å². The van der Waals surface area contributed by atoms with Gasteiger partial charge < -0.3 is 9.47 Å². The van der Waals surface area contributed by atoms with Crippen molar-refractivity contribution in [2.24, 2.45) is 0 Å². The van der Waals surface area contributed by atoms with Gasteiger partial charge in [0.2, 0.25) is 0 Å². The molecule has 0 heterocycles. The average molecular weight is 200 g/mol. The lowest BCUT2D eigenvalue weighted by Gasteiger charge is -2.19. The van der Waals surface area contributed by atoms with Crippen LogP contribution in [0.1, 0.15) is 33.6 Å². The molecule has 14 heavy (non-hydrogen) atoms.